The normalized spacial score (nSPS) is 18.5. The molecule has 3 nitrogen and oxygen atoms in total. The first-order valence-corrected chi connectivity index (χ1v) is 9.28. The Bertz CT molecular complexity index is 817. The summed E-state index contributed by atoms with van der Waals surface area (Å²) in [7, 11) is 0. The van der Waals surface area contributed by atoms with E-state index in [1.807, 2.05) is 12.1 Å². The maximum atomic E-state index is 8.53. The maximum absolute atomic E-state index is 8.53. The van der Waals surface area contributed by atoms with E-state index < -0.39 is 0 Å². The summed E-state index contributed by atoms with van der Waals surface area (Å²) >= 11 is 0. The van der Waals surface area contributed by atoms with Gasteiger partial charge in [0.2, 0.25) is 0 Å². The molecule has 1 aromatic heterocycles. The molecular weight excluding hydrogens is 322 g/mol. The highest BCUT2D eigenvalue weighted by Gasteiger charge is 2.36. The van der Waals surface area contributed by atoms with Gasteiger partial charge in [-0.15, -0.1) is 0 Å². The Morgan fingerprint density at radius 2 is 1.77 bits per heavy atom. The van der Waals surface area contributed by atoms with Gasteiger partial charge < -0.3 is 0 Å². The quantitative estimate of drug-likeness (QED) is 0.544. The molecule has 26 heavy (non-hydrogen) atoms. The minimum absolute atomic E-state index is 0.158. The summed E-state index contributed by atoms with van der Waals surface area (Å²) in [5.74, 6) is 0. The Morgan fingerprint density at radius 1 is 1.08 bits per heavy atom. The average Bonchev–Trinajstić information content (AvgIpc) is 2.60. The summed E-state index contributed by atoms with van der Waals surface area (Å²) in [6.07, 6.45) is 6.38. The third kappa shape index (κ3) is 3.74. The molecule has 0 aliphatic heterocycles. The van der Waals surface area contributed by atoms with Crippen molar-refractivity contribution in [1.29, 1.82) is 0 Å². The Hall–Kier alpha value is -1.97. The summed E-state index contributed by atoms with van der Waals surface area (Å²) in [6, 6.07) is 10.8. The summed E-state index contributed by atoms with van der Waals surface area (Å²) in [4.78, 5) is 8.63. The zero-order chi connectivity index (χ0) is 18.9. The molecule has 138 valence electrons. The molecule has 3 heteroatoms. The van der Waals surface area contributed by atoms with Gasteiger partial charge in [0.25, 0.3) is 0 Å². The van der Waals surface area contributed by atoms with Gasteiger partial charge in [-0.2, -0.15) is 0 Å². The molecule has 1 aromatic carbocycles. The van der Waals surface area contributed by atoms with Crippen LogP contribution in [0.1, 0.15) is 75.4 Å². The van der Waals surface area contributed by atoms with Crippen LogP contribution in [-0.2, 0) is 22.3 Å². The molecule has 0 saturated heterocycles. The Labute approximate surface area is 156 Å². The van der Waals surface area contributed by atoms with Crippen LogP contribution in [0, 0.1) is 0 Å². The van der Waals surface area contributed by atoms with Gasteiger partial charge in [-0.3, -0.25) is 10.2 Å². The molecule has 2 aromatic rings. The van der Waals surface area contributed by atoms with E-state index in [1.54, 1.807) is 6.20 Å². The van der Waals surface area contributed by atoms with Crippen LogP contribution in [0.3, 0.4) is 0 Å². The molecule has 1 aliphatic rings. The van der Waals surface area contributed by atoms with Crippen LogP contribution in [0.4, 0.5) is 0 Å². The molecule has 0 saturated carbocycles. The summed E-state index contributed by atoms with van der Waals surface area (Å²) in [6.45, 7) is 11.6. The van der Waals surface area contributed by atoms with Crippen molar-refractivity contribution < 1.29 is 10.1 Å². The number of aromatic nitrogens is 1. The number of rotatable bonds is 4. The third-order valence-electron chi connectivity index (χ3n) is 5.72. The molecule has 1 aliphatic carbocycles. The van der Waals surface area contributed by atoms with E-state index in [0.29, 0.717) is 0 Å². The smallest absolute Gasteiger partial charge is 0.108 e. The average molecular weight is 351 g/mol. The topological polar surface area (TPSA) is 42.4 Å². The molecule has 0 fully saturated rings. The first-order chi connectivity index (χ1) is 12.2. The molecule has 1 N–H and O–H groups in total. The lowest BCUT2D eigenvalue weighted by atomic mass is 9.63. The van der Waals surface area contributed by atoms with Crippen LogP contribution in [0.5, 0.6) is 0 Å². The molecule has 0 spiro atoms. The lowest BCUT2D eigenvalue weighted by Crippen LogP contribution is -2.33. The molecule has 0 amide bonds. The van der Waals surface area contributed by atoms with Crippen LogP contribution in [-0.4, -0.2) is 10.2 Å². The second-order valence-corrected chi connectivity index (χ2v) is 8.73. The van der Waals surface area contributed by atoms with E-state index >= 15 is 0 Å². The summed E-state index contributed by atoms with van der Waals surface area (Å²) in [5, 5.41) is 8.53. The van der Waals surface area contributed by atoms with Gasteiger partial charge in [0.15, 0.2) is 0 Å². The zero-order valence-corrected chi connectivity index (χ0v) is 16.5. The number of allylic oxidation sites excluding steroid dienone is 1. The SMILES string of the molecule is C/C(=C/c1ccc2c(c1)C(C)(C)CCC2(C)C)c1ccc(COO)cn1. The fourth-order valence-corrected chi connectivity index (χ4v) is 3.84. The van der Waals surface area contributed by atoms with E-state index in [-0.39, 0.29) is 17.4 Å². The Balaban J connectivity index is 1.94. The number of pyridine rings is 1. The van der Waals surface area contributed by atoms with Crippen LogP contribution in [0.15, 0.2) is 36.5 Å². The molecule has 0 atom stereocenters. The third-order valence-corrected chi connectivity index (χ3v) is 5.72. The lowest BCUT2D eigenvalue weighted by Gasteiger charge is -2.42. The minimum atomic E-state index is 0.158. The molecule has 0 radical (unpaired) electrons. The van der Waals surface area contributed by atoms with Crippen molar-refractivity contribution in [2.24, 2.45) is 0 Å². The van der Waals surface area contributed by atoms with Crippen molar-refractivity contribution in [3.8, 4) is 0 Å². The van der Waals surface area contributed by atoms with Crippen LogP contribution < -0.4 is 0 Å². The summed E-state index contributed by atoms with van der Waals surface area (Å²) in [5.41, 5.74) is 7.53. The number of nitrogens with zero attached hydrogens (tertiary/aromatic N) is 1. The van der Waals surface area contributed by atoms with E-state index in [1.165, 1.54) is 29.5 Å². The zero-order valence-electron chi connectivity index (χ0n) is 16.5. The minimum Gasteiger partial charge on any atom is -0.256 e. The monoisotopic (exact) mass is 351 g/mol. The molecule has 0 unspecified atom stereocenters. The van der Waals surface area contributed by atoms with E-state index in [0.717, 1.165) is 16.8 Å². The van der Waals surface area contributed by atoms with E-state index in [4.69, 9.17) is 5.26 Å². The second kappa shape index (κ2) is 6.98. The highest BCUT2D eigenvalue weighted by atomic mass is 17.1. The number of fused-ring (bicyclic) bond motifs is 1. The molecule has 1 heterocycles. The lowest BCUT2D eigenvalue weighted by molar-refractivity contribution is -0.253. The van der Waals surface area contributed by atoms with Gasteiger partial charge in [-0.25, -0.2) is 4.89 Å². The Kier molecular flexibility index (Phi) is 5.05. The van der Waals surface area contributed by atoms with Crippen molar-refractivity contribution in [3.63, 3.8) is 0 Å². The van der Waals surface area contributed by atoms with Crippen molar-refractivity contribution in [2.75, 3.05) is 0 Å². The standard InChI is InChI=1S/C23H29NO2/c1-16(21-9-7-18(14-24-21)15-26-25)12-17-6-8-19-20(13-17)23(4,5)11-10-22(19,2)3/h6-9,12-14,25H,10-11,15H2,1-5H3/b16-12-. The predicted octanol–water partition coefficient (Wildman–Crippen LogP) is 5.98. The van der Waals surface area contributed by atoms with Gasteiger partial charge in [-0.1, -0.05) is 52.0 Å². The maximum Gasteiger partial charge on any atom is 0.108 e. The van der Waals surface area contributed by atoms with Gasteiger partial charge in [0, 0.05) is 6.20 Å². The highest BCUT2D eigenvalue weighted by Crippen LogP contribution is 2.46. The second-order valence-electron chi connectivity index (χ2n) is 8.73. The van der Waals surface area contributed by atoms with E-state index in [9.17, 15) is 0 Å². The molecule has 0 bridgehead atoms. The number of hydrogen-bond acceptors (Lipinski definition) is 3. The van der Waals surface area contributed by atoms with Gasteiger partial charge in [0.1, 0.15) is 6.61 Å². The number of benzene rings is 1. The van der Waals surface area contributed by atoms with Crippen molar-refractivity contribution in [2.45, 2.75) is 64.9 Å². The number of hydrogen-bond donors (Lipinski definition) is 1. The highest BCUT2D eigenvalue weighted by molar-refractivity contribution is 5.79. The first kappa shape index (κ1) is 18.8. The van der Waals surface area contributed by atoms with Gasteiger partial charge in [0.05, 0.1) is 5.69 Å². The molecular formula is C23H29NO2. The predicted molar refractivity (Wildman–Crippen MR) is 107 cm³/mol. The van der Waals surface area contributed by atoms with Crippen molar-refractivity contribution in [1.82, 2.24) is 4.98 Å². The van der Waals surface area contributed by atoms with E-state index in [2.05, 4.69) is 68.8 Å². The fraction of sp³-hybridized carbons (Fsp3) is 0.435. The first-order valence-electron chi connectivity index (χ1n) is 9.28. The van der Waals surface area contributed by atoms with Crippen LogP contribution in [0.25, 0.3) is 11.6 Å². The fourth-order valence-electron chi connectivity index (χ4n) is 3.84. The largest absolute Gasteiger partial charge is 0.256 e. The Morgan fingerprint density at radius 3 is 2.38 bits per heavy atom. The van der Waals surface area contributed by atoms with Crippen LogP contribution >= 0.6 is 0 Å². The van der Waals surface area contributed by atoms with Crippen molar-refractivity contribution >= 4 is 11.6 Å². The van der Waals surface area contributed by atoms with Gasteiger partial charge in [-0.05, 0) is 70.6 Å². The van der Waals surface area contributed by atoms with Crippen LogP contribution in [0.2, 0.25) is 0 Å². The van der Waals surface area contributed by atoms with Gasteiger partial charge >= 0.3 is 0 Å². The molecule has 3 rings (SSSR count). The summed E-state index contributed by atoms with van der Waals surface area (Å²) < 4.78 is 0. The van der Waals surface area contributed by atoms with Crippen molar-refractivity contribution in [3.05, 3.63) is 64.5 Å².